The van der Waals surface area contributed by atoms with Gasteiger partial charge in [-0.05, 0) is 75.0 Å². The predicted molar refractivity (Wildman–Crippen MR) is 64.6 cm³/mol. The summed E-state index contributed by atoms with van der Waals surface area (Å²) in [6.45, 7) is 7.10. The molecule has 15 heavy (non-hydrogen) atoms. The highest BCUT2D eigenvalue weighted by Crippen LogP contribution is 2.63. The summed E-state index contributed by atoms with van der Waals surface area (Å²) in [5.74, 6) is 4.18. The summed E-state index contributed by atoms with van der Waals surface area (Å²) in [5, 5.41) is 0. The van der Waals surface area contributed by atoms with Gasteiger partial charge in [0.2, 0.25) is 0 Å². The Morgan fingerprint density at radius 1 is 1.07 bits per heavy atom. The summed E-state index contributed by atoms with van der Waals surface area (Å²) < 4.78 is 0. The fourth-order valence-electron chi connectivity index (χ4n) is 5.18. The Labute approximate surface area is 94.1 Å². The van der Waals surface area contributed by atoms with Crippen molar-refractivity contribution in [2.24, 2.45) is 29.1 Å². The lowest BCUT2D eigenvalue weighted by Gasteiger charge is -2.60. The lowest BCUT2D eigenvalue weighted by atomic mass is 9.45. The molecule has 4 bridgehead atoms. The van der Waals surface area contributed by atoms with E-state index < -0.39 is 0 Å². The summed E-state index contributed by atoms with van der Waals surface area (Å²) in [4.78, 5) is 0. The molecule has 0 nitrogen and oxygen atoms in total. The molecular weight excluding hydrogens is 180 g/mol. The maximum Gasteiger partial charge on any atom is -0.00822 e. The minimum Gasteiger partial charge on any atom is -0.0799 e. The predicted octanol–water partition coefficient (Wildman–Crippen LogP) is 4.42. The Morgan fingerprint density at radius 2 is 1.67 bits per heavy atom. The Bertz CT molecular complexity index is 281. The quantitative estimate of drug-likeness (QED) is 0.555. The molecule has 4 aliphatic rings. The maximum absolute atomic E-state index is 2.64. The van der Waals surface area contributed by atoms with Gasteiger partial charge in [0.05, 0.1) is 0 Å². The van der Waals surface area contributed by atoms with Crippen LogP contribution in [0.25, 0.3) is 0 Å². The van der Waals surface area contributed by atoms with Crippen LogP contribution in [0.1, 0.15) is 52.9 Å². The molecule has 0 spiro atoms. The lowest BCUT2D eigenvalue weighted by molar-refractivity contribution is -0.0736. The Balaban J connectivity index is 1.97. The zero-order valence-corrected chi connectivity index (χ0v) is 10.4. The summed E-state index contributed by atoms with van der Waals surface area (Å²) >= 11 is 0. The molecule has 84 valence electrons. The topological polar surface area (TPSA) is 0 Å². The van der Waals surface area contributed by atoms with Gasteiger partial charge < -0.3 is 0 Å². The van der Waals surface area contributed by atoms with Gasteiger partial charge in [0.25, 0.3) is 0 Å². The zero-order chi connectivity index (χ0) is 10.6. The van der Waals surface area contributed by atoms with Crippen molar-refractivity contribution in [1.82, 2.24) is 0 Å². The molecule has 0 amide bonds. The molecule has 4 saturated carbocycles. The molecule has 0 heteroatoms. The van der Waals surface area contributed by atoms with E-state index in [0.717, 1.165) is 23.7 Å². The number of rotatable bonds is 1. The van der Waals surface area contributed by atoms with Crippen molar-refractivity contribution < 1.29 is 0 Å². The zero-order valence-electron chi connectivity index (χ0n) is 10.4. The van der Waals surface area contributed by atoms with Crippen molar-refractivity contribution in [3.8, 4) is 0 Å². The van der Waals surface area contributed by atoms with Crippen molar-refractivity contribution in [2.75, 3.05) is 0 Å². The van der Waals surface area contributed by atoms with Gasteiger partial charge in [0, 0.05) is 0 Å². The van der Waals surface area contributed by atoms with Gasteiger partial charge in [-0.25, -0.2) is 0 Å². The van der Waals surface area contributed by atoms with E-state index >= 15 is 0 Å². The standard InChI is InChI=1S/C15H24/c1-10(2)7-15-8-12-4-13(9-15)6-14(5-12)11(15)3/h7,11-14H,4-6,8-9H2,1-3H3. The van der Waals surface area contributed by atoms with Gasteiger partial charge in [-0.15, -0.1) is 0 Å². The molecule has 0 aliphatic heterocycles. The molecule has 4 fully saturated rings. The fourth-order valence-corrected chi connectivity index (χ4v) is 5.18. The first-order valence-electron chi connectivity index (χ1n) is 6.75. The van der Waals surface area contributed by atoms with Crippen LogP contribution in [0.4, 0.5) is 0 Å². The summed E-state index contributed by atoms with van der Waals surface area (Å²) in [6, 6.07) is 0. The first-order valence-corrected chi connectivity index (χ1v) is 6.75. The SMILES string of the molecule is CC(C)=CC12CC3CC(CC(C3)C1C)C2. The Morgan fingerprint density at radius 3 is 2.20 bits per heavy atom. The van der Waals surface area contributed by atoms with Gasteiger partial charge in [-0.3, -0.25) is 0 Å². The number of allylic oxidation sites excluding steroid dienone is 2. The average Bonchev–Trinajstić information content (AvgIpc) is 2.11. The third-order valence-corrected chi connectivity index (χ3v) is 5.47. The molecule has 4 aliphatic carbocycles. The van der Waals surface area contributed by atoms with Crippen LogP contribution in [0.5, 0.6) is 0 Å². The van der Waals surface area contributed by atoms with E-state index in [4.69, 9.17) is 0 Å². The van der Waals surface area contributed by atoms with Crippen molar-refractivity contribution in [1.29, 1.82) is 0 Å². The number of hydrogen-bond acceptors (Lipinski definition) is 0. The minimum absolute atomic E-state index is 0.619. The van der Waals surface area contributed by atoms with Crippen LogP contribution in [-0.2, 0) is 0 Å². The van der Waals surface area contributed by atoms with Crippen LogP contribution < -0.4 is 0 Å². The summed E-state index contributed by atoms with van der Waals surface area (Å²) in [5.41, 5.74) is 2.16. The number of hydrogen-bond donors (Lipinski definition) is 0. The smallest absolute Gasteiger partial charge is 0.00822 e. The molecule has 0 N–H and O–H groups in total. The Kier molecular flexibility index (Phi) is 2.06. The normalized spacial score (nSPS) is 51.9. The van der Waals surface area contributed by atoms with Gasteiger partial charge >= 0.3 is 0 Å². The van der Waals surface area contributed by atoms with Crippen LogP contribution in [0, 0.1) is 29.1 Å². The monoisotopic (exact) mass is 204 g/mol. The van der Waals surface area contributed by atoms with Crippen LogP contribution >= 0.6 is 0 Å². The molecule has 3 unspecified atom stereocenters. The van der Waals surface area contributed by atoms with Crippen molar-refractivity contribution in [3.05, 3.63) is 11.6 Å². The molecule has 0 aromatic heterocycles. The van der Waals surface area contributed by atoms with E-state index in [1.165, 1.54) is 12.8 Å². The first-order chi connectivity index (χ1) is 7.09. The highest BCUT2D eigenvalue weighted by molar-refractivity contribution is 5.15. The minimum atomic E-state index is 0.619. The summed E-state index contributed by atoms with van der Waals surface area (Å²) in [6.07, 6.45) is 10.3. The molecule has 3 atom stereocenters. The van der Waals surface area contributed by atoms with Crippen LogP contribution in [-0.4, -0.2) is 0 Å². The summed E-state index contributed by atoms with van der Waals surface area (Å²) in [7, 11) is 0. The van der Waals surface area contributed by atoms with Crippen molar-refractivity contribution in [3.63, 3.8) is 0 Å². The van der Waals surface area contributed by atoms with Crippen LogP contribution in [0.2, 0.25) is 0 Å². The second kappa shape index (κ2) is 3.12. The van der Waals surface area contributed by atoms with E-state index in [-0.39, 0.29) is 0 Å². The highest BCUT2D eigenvalue weighted by atomic mass is 14.6. The molecule has 0 saturated heterocycles. The second-order valence-electron chi connectivity index (χ2n) is 6.85. The van der Waals surface area contributed by atoms with E-state index in [1.807, 2.05) is 0 Å². The van der Waals surface area contributed by atoms with Gasteiger partial charge in [0.1, 0.15) is 0 Å². The van der Waals surface area contributed by atoms with Crippen LogP contribution in [0.3, 0.4) is 0 Å². The van der Waals surface area contributed by atoms with Gasteiger partial charge in [-0.2, -0.15) is 0 Å². The van der Waals surface area contributed by atoms with Crippen molar-refractivity contribution in [2.45, 2.75) is 52.9 Å². The Hall–Kier alpha value is -0.260. The lowest BCUT2D eigenvalue weighted by Crippen LogP contribution is -2.50. The molecule has 0 aromatic carbocycles. The van der Waals surface area contributed by atoms with Crippen LogP contribution in [0.15, 0.2) is 11.6 Å². The molecule has 0 heterocycles. The van der Waals surface area contributed by atoms with Gasteiger partial charge in [-0.1, -0.05) is 18.6 Å². The maximum atomic E-state index is 2.64. The average molecular weight is 204 g/mol. The van der Waals surface area contributed by atoms with E-state index in [1.54, 1.807) is 24.8 Å². The third kappa shape index (κ3) is 1.40. The van der Waals surface area contributed by atoms with E-state index in [9.17, 15) is 0 Å². The second-order valence-corrected chi connectivity index (χ2v) is 6.85. The van der Waals surface area contributed by atoms with E-state index in [2.05, 4.69) is 26.8 Å². The molecule has 4 rings (SSSR count). The van der Waals surface area contributed by atoms with Crippen molar-refractivity contribution >= 4 is 0 Å². The largest absolute Gasteiger partial charge is 0.0799 e. The van der Waals surface area contributed by atoms with Gasteiger partial charge in [0.15, 0.2) is 0 Å². The molecule has 0 radical (unpaired) electrons. The highest BCUT2D eigenvalue weighted by Gasteiger charge is 2.53. The molecule has 0 aromatic rings. The van der Waals surface area contributed by atoms with E-state index in [0.29, 0.717) is 5.41 Å². The fraction of sp³-hybridized carbons (Fsp3) is 0.867. The molecular formula is C15H24. The first kappa shape index (κ1) is 9.93. The third-order valence-electron chi connectivity index (χ3n) is 5.47.